The molecule has 432 valence electrons. The fourth-order valence-corrected chi connectivity index (χ4v) is 16.7. The van der Waals surface area contributed by atoms with Gasteiger partial charge in [-0.15, -0.1) is 0 Å². The van der Waals surface area contributed by atoms with Gasteiger partial charge in [-0.3, -0.25) is 66.8 Å². The van der Waals surface area contributed by atoms with Crippen LogP contribution in [0.3, 0.4) is 0 Å². The Hall–Kier alpha value is -7.76. The summed E-state index contributed by atoms with van der Waals surface area (Å²) in [4.78, 5) is 81.8. The first-order chi connectivity index (χ1) is 40.7. The van der Waals surface area contributed by atoms with E-state index in [-0.39, 0.29) is 80.7 Å². The Morgan fingerprint density at radius 3 is 1.37 bits per heavy atom. The number of carbonyl (C=O) groups is 2. The van der Waals surface area contributed by atoms with E-state index in [0.717, 1.165) is 12.7 Å². The van der Waals surface area contributed by atoms with Crippen LogP contribution in [0.1, 0.15) is 44.3 Å². The topological polar surface area (TPSA) is 304 Å². The van der Waals surface area contributed by atoms with Gasteiger partial charge in [0.05, 0.1) is 35.7 Å². The summed E-state index contributed by atoms with van der Waals surface area (Å²) in [6.07, 6.45) is -7.77. The normalized spacial score (nSPS) is 26.7. The number of aromatic nitrogens is 8. The highest BCUT2D eigenvalue weighted by Crippen LogP contribution is 2.67. The van der Waals surface area contributed by atoms with E-state index in [1.54, 1.807) is 72.8 Å². The standard InChI is InChI=1S/C52H44F2N12O14P2S2/c53-39-43-37-23-75-82(74,84-26-34-18-8-10-20-36(34)66(71)72)80-44-38(24-76-81(73,79-43)83-25-33-17-7-9-19-35(33)65(69)70)78-52(40(44)54)64-30-60-42-46(56-28-58-48(42)64)62(50(68)32-15-5-2-6-16-32)22-12-11-21-61(49(67)31-13-3-1-4-14-31)45-41-47(57-27-55-45)63(29-59-41)51(39)77-37/h1-20,27-30,37-40,43-44,51-52H,21-26H2/b12-11-/t37-,38-,39-,40-,43-,44-,51-,52?,81+,82-/m1/s1. The molecule has 13 rings (SSSR count). The monoisotopic (exact) mass is 1220 g/mol. The van der Waals surface area contributed by atoms with Gasteiger partial charge in [0.2, 0.25) is 0 Å². The van der Waals surface area contributed by atoms with Crippen molar-refractivity contribution in [1.82, 2.24) is 39.0 Å². The summed E-state index contributed by atoms with van der Waals surface area (Å²) in [5, 5.41) is 24.3. The number of hydrogen-bond donors (Lipinski definition) is 0. The molecule has 4 aromatic carbocycles. The fourth-order valence-electron chi connectivity index (χ4n) is 9.91. The Bertz CT molecular complexity index is 3720. The summed E-state index contributed by atoms with van der Waals surface area (Å²) in [5.41, 5.74) is -0.242. The molecule has 0 spiro atoms. The lowest BCUT2D eigenvalue weighted by Gasteiger charge is -2.30. The Kier molecular flexibility index (Phi) is 16.0. The third kappa shape index (κ3) is 11.1. The zero-order valence-corrected chi connectivity index (χ0v) is 46.7. The number of anilines is 2. The van der Waals surface area contributed by atoms with E-state index in [9.17, 15) is 29.8 Å². The van der Waals surface area contributed by atoms with Crippen LogP contribution in [0.25, 0.3) is 22.3 Å². The zero-order chi connectivity index (χ0) is 58.3. The predicted octanol–water partition coefficient (Wildman–Crippen LogP) is 9.72. The van der Waals surface area contributed by atoms with Gasteiger partial charge in [0.15, 0.2) is 58.8 Å². The van der Waals surface area contributed by atoms with Crippen LogP contribution in [-0.2, 0) is 48.2 Å². The second-order valence-electron chi connectivity index (χ2n) is 19.0. The summed E-state index contributed by atoms with van der Waals surface area (Å²) >= 11 is 0.891. The number of carbonyl (C=O) groups excluding carboxylic acids is 2. The number of imidazole rings is 2. The number of benzene rings is 4. The van der Waals surface area contributed by atoms with Gasteiger partial charge in [0.1, 0.15) is 37.1 Å². The van der Waals surface area contributed by atoms with Crippen LogP contribution in [0, 0.1) is 20.2 Å². The molecule has 84 heavy (non-hydrogen) atoms. The largest absolute Gasteiger partial charge is 0.390 e. The van der Waals surface area contributed by atoms with E-state index in [1.807, 2.05) is 0 Å². The third-order valence-electron chi connectivity index (χ3n) is 14.0. The van der Waals surface area contributed by atoms with Crippen molar-refractivity contribution in [3.05, 3.63) is 189 Å². The Balaban J connectivity index is 1.02. The number of rotatable bonds is 10. The maximum atomic E-state index is 17.9. The third-order valence-corrected chi connectivity index (χ3v) is 21.2. The lowest BCUT2D eigenvalue weighted by Crippen LogP contribution is -2.37. The van der Waals surface area contributed by atoms with Crippen LogP contribution in [0.4, 0.5) is 31.8 Å². The molecule has 5 aliphatic rings. The molecule has 3 saturated heterocycles. The fraction of sp³-hybridized carbons (Fsp3) is 0.269. The van der Waals surface area contributed by atoms with Gasteiger partial charge in [-0.05, 0) is 47.0 Å². The lowest BCUT2D eigenvalue weighted by atomic mass is 10.1. The van der Waals surface area contributed by atoms with Crippen LogP contribution < -0.4 is 9.80 Å². The number of nitro benzene ring substituents is 2. The first-order valence-corrected chi connectivity index (χ1v) is 31.9. The van der Waals surface area contributed by atoms with E-state index < -0.39 is 109 Å². The molecule has 4 aromatic heterocycles. The summed E-state index contributed by atoms with van der Waals surface area (Å²) in [6.45, 7) is -12.0. The first-order valence-electron chi connectivity index (χ1n) is 25.6. The number of nitro groups is 2. The van der Waals surface area contributed by atoms with Gasteiger partial charge < -0.3 is 9.47 Å². The molecular weight excluding hydrogens is 1180 g/mol. The molecule has 2 amide bonds. The average molecular weight is 1230 g/mol. The molecule has 32 heteroatoms. The molecular formula is C52H44F2N12O14P2S2. The van der Waals surface area contributed by atoms with Gasteiger partial charge in [0, 0.05) is 59.0 Å². The quantitative estimate of drug-likeness (QED) is 0.0532. The minimum absolute atomic E-state index is 0.0210. The second-order valence-corrected chi connectivity index (χ2v) is 27.1. The number of amides is 2. The van der Waals surface area contributed by atoms with Crippen molar-refractivity contribution >= 4 is 93.5 Å². The minimum Gasteiger partial charge on any atom is -0.346 e. The van der Waals surface area contributed by atoms with Gasteiger partial charge in [-0.25, -0.2) is 47.8 Å². The van der Waals surface area contributed by atoms with Crippen molar-refractivity contribution in [2.45, 2.75) is 60.7 Å². The number of fused-ring (bicyclic) bond motifs is 10. The molecule has 26 nitrogen and oxygen atoms in total. The van der Waals surface area contributed by atoms with Gasteiger partial charge in [0.25, 0.3) is 23.2 Å². The summed E-state index contributed by atoms with van der Waals surface area (Å²) in [6, 6.07) is 27.7. The molecule has 0 radical (unpaired) electrons. The van der Waals surface area contributed by atoms with E-state index >= 15 is 17.9 Å². The molecule has 10 atom stereocenters. The molecule has 14 bridgehead atoms. The van der Waals surface area contributed by atoms with Crippen molar-refractivity contribution in [3.8, 4) is 0 Å². The molecule has 8 aromatic rings. The van der Waals surface area contributed by atoms with Crippen molar-refractivity contribution in [1.29, 1.82) is 0 Å². The number of hydrogen-bond acceptors (Lipinski definition) is 22. The average Bonchev–Trinajstić information content (AvgIpc) is 4.50. The lowest BCUT2D eigenvalue weighted by molar-refractivity contribution is -0.385. The highest BCUT2D eigenvalue weighted by atomic mass is 32.7. The van der Waals surface area contributed by atoms with E-state index in [0.29, 0.717) is 22.8 Å². The highest BCUT2D eigenvalue weighted by Gasteiger charge is 2.56. The smallest absolute Gasteiger partial charge is 0.346 e. The van der Waals surface area contributed by atoms with E-state index in [2.05, 4.69) is 29.9 Å². The molecule has 9 heterocycles. The zero-order valence-electron chi connectivity index (χ0n) is 43.3. The molecule has 1 unspecified atom stereocenters. The highest BCUT2D eigenvalue weighted by molar-refractivity contribution is 8.55. The molecule has 5 aliphatic heterocycles. The van der Waals surface area contributed by atoms with Gasteiger partial charge in [-0.1, -0.05) is 84.9 Å². The van der Waals surface area contributed by atoms with Crippen LogP contribution in [0.15, 0.2) is 147 Å². The van der Waals surface area contributed by atoms with Crippen molar-refractivity contribution in [2.24, 2.45) is 0 Å². The van der Waals surface area contributed by atoms with Gasteiger partial charge >= 0.3 is 13.6 Å². The van der Waals surface area contributed by atoms with Crippen molar-refractivity contribution < 1.29 is 64.9 Å². The molecule has 3 fully saturated rings. The van der Waals surface area contributed by atoms with Crippen LogP contribution >= 0.6 is 36.4 Å². The van der Waals surface area contributed by atoms with Crippen LogP contribution in [0.2, 0.25) is 0 Å². The van der Waals surface area contributed by atoms with Crippen molar-refractivity contribution in [3.63, 3.8) is 0 Å². The maximum Gasteiger partial charge on any atom is 0.390 e. The number of halogens is 2. The summed E-state index contributed by atoms with van der Waals surface area (Å²) < 4.78 is 107. The molecule has 0 aliphatic carbocycles. The Labute approximate surface area is 481 Å². The summed E-state index contributed by atoms with van der Waals surface area (Å²) in [7, 11) is 0. The Morgan fingerprint density at radius 1 is 0.571 bits per heavy atom. The summed E-state index contributed by atoms with van der Waals surface area (Å²) in [5.74, 6) is -1.99. The van der Waals surface area contributed by atoms with Crippen molar-refractivity contribution in [2.75, 3.05) is 36.1 Å². The second kappa shape index (κ2) is 23.7. The Morgan fingerprint density at radius 2 is 0.964 bits per heavy atom. The number of ether oxygens (including phenoxy) is 2. The van der Waals surface area contributed by atoms with Crippen LogP contribution in [0.5, 0.6) is 0 Å². The number of para-hydroxylation sites is 2. The first kappa shape index (κ1) is 56.7. The molecule has 0 N–H and O–H groups in total. The van der Waals surface area contributed by atoms with E-state index in [4.69, 9.17) is 27.6 Å². The number of nitrogens with zero attached hydrogens (tertiary/aromatic N) is 12. The van der Waals surface area contributed by atoms with Gasteiger partial charge in [-0.2, -0.15) is 0 Å². The number of alkyl halides is 2. The van der Waals surface area contributed by atoms with Crippen LogP contribution in [-0.4, -0.2) is 124 Å². The predicted molar refractivity (Wildman–Crippen MR) is 299 cm³/mol. The SMILES string of the molecule is O=C(c1ccccc1)N1C/C=C\CN(C(=O)c2ccccc2)c2ncnc3c2ncn3[C@@H]2O[C@@H]3CO[P@@](=O)(SCc4ccccc4[N+](=O)[O-])O[C@@H]4[C@@H](CO[P@](=O)(SCc5ccccc5[N+](=O)[O-])O[C@H]3[C@H]2F)OC([C@@H]4F)n2cnc3c1ncnc32. The molecule has 0 saturated carbocycles. The van der Waals surface area contributed by atoms with E-state index in [1.165, 1.54) is 80.1 Å². The minimum atomic E-state index is -4.90. The maximum absolute atomic E-state index is 17.9.